The molecule has 1 heterocycles. The maximum absolute atomic E-state index is 9.69. The Kier molecular flexibility index (Phi) is 3.17. The molecule has 1 N–H and O–H groups in total. The lowest BCUT2D eigenvalue weighted by atomic mass is 10.1. The molecular weight excluding hydrogens is 221 g/mol. The third kappa shape index (κ3) is 1.93. The van der Waals surface area contributed by atoms with Gasteiger partial charge in [0, 0.05) is 17.5 Å². The van der Waals surface area contributed by atoms with Crippen molar-refractivity contribution in [3.63, 3.8) is 0 Å². The zero-order valence-electron chi connectivity index (χ0n) is 9.74. The van der Waals surface area contributed by atoms with E-state index >= 15 is 0 Å². The first-order chi connectivity index (χ1) is 7.63. The molecule has 86 valence electrons. The summed E-state index contributed by atoms with van der Waals surface area (Å²) in [5, 5.41) is 10.7. The molecule has 4 heteroatoms. The van der Waals surface area contributed by atoms with E-state index in [4.69, 9.17) is 4.42 Å². The Morgan fingerprint density at radius 3 is 2.88 bits per heavy atom. The van der Waals surface area contributed by atoms with Crippen LogP contribution in [0.1, 0.15) is 11.3 Å². The van der Waals surface area contributed by atoms with Gasteiger partial charge < -0.3 is 9.52 Å². The minimum Gasteiger partial charge on any atom is -0.504 e. The van der Waals surface area contributed by atoms with Gasteiger partial charge in [0.05, 0.1) is 0 Å². The van der Waals surface area contributed by atoms with Gasteiger partial charge in [-0.2, -0.15) is 0 Å². The molecule has 3 nitrogen and oxygen atoms in total. The Morgan fingerprint density at radius 2 is 2.19 bits per heavy atom. The Morgan fingerprint density at radius 1 is 1.44 bits per heavy atom. The first kappa shape index (κ1) is 11.4. The Hall–Kier alpha value is -1.05. The number of benzene rings is 1. The van der Waals surface area contributed by atoms with Crippen molar-refractivity contribution >= 4 is 19.7 Å². The predicted molar refractivity (Wildman–Crippen MR) is 68.3 cm³/mol. The molecule has 0 radical (unpaired) electrons. The van der Waals surface area contributed by atoms with Gasteiger partial charge in [0.15, 0.2) is 11.3 Å². The molecule has 0 spiro atoms. The molecule has 1 aromatic carbocycles. The van der Waals surface area contributed by atoms with Crippen molar-refractivity contribution in [2.75, 3.05) is 13.7 Å². The fraction of sp³-hybridized carbons (Fsp3) is 0.333. The van der Waals surface area contributed by atoms with Crippen molar-refractivity contribution in [3.8, 4) is 5.75 Å². The van der Waals surface area contributed by atoms with Gasteiger partial charge in [0.2, 0.25) is 0 Å². The van der Waals surface area contributed by atoms with E-state index in [9.17, 15) is 5.11 Å². The van der Waals surface area contributed by atoms with Gasteiger partial charge in [-0.1, -0.05) is 20.9 Å². The SMILES string of the molecule is CPN(C)Cc1c(C)oc2c(O)cccc12. The Balaban J connectivity index is 2.52. The number of para-hydroxylation sites is 1. The van der Waals surface area contributed by atoms with Crippen molar-refractivity contribution in [1.29, 1.82) is 0 Å². The number of hydrogen-bond acceptors (Lipinski definition) is 3. The van der Waals surface area contributed by atoms with Crippen LogP contribution in [0.4, 0.5) is 0 Å². The van der Waals surface area contributed by atoms with E-state index in [0.29, 0.717) is 5.58 Å². The average Bonchev–Trinajstić information content (AvgIpc) is 2.58. The van der Waals surface area contributed by atoms with E-state index in [1.165, 1.54) is 5.56 Å². The summed E-state index contributed by atoms with van der Waals surface area (Å²) < 4.78 is 7.84. The van der Waals surface area contributed by atoms with Crippen LogP contribution < -0.4 is 0 Å². The summed E-state index contributed by atoms with van der Waals surface area (Å²) in [4.78, 5) is 0. The second-order valence-corrected chi connectivity index (χ2v) is 5.08. The Bertz CT molecular complexity index is 507. The van der Waals surface area contributed by atoms with E-state index in [1.54, 1.807) is 6.07 Å². The smallest absolute Gasteiger partial charge is 0.176 e. The molecule has 2 rings (SSSR count). The molecule has 1 unspecified atom stereocenters. The summed E-state index contributed by atoms with van der Waals surface area (Å²) in [5.41, 5.74) is 1.77. The lowest BCUT2D eigenvalue weighted by molar-refractivity contribution is 0.459. The maximum atomic E-state index is 9.69. The van der Waals surface area contributed by atoms with Gasteiger partial charge in [0.1, 0.15) is 5.76 Å². The summed E-state index contributed by atoms with van der Waals surface area (Å²) in [5.74, 6) is 1.11. The number of hydrogen-bond donors (Lipinski definition) is 1. The lowest BCUT2D eigenvalue weighted by Crippen LogP contribution is -2.06. The van der Waals surface area contributed by atoms with Crippen molar-refractivity contribution in [2.45, 2.75) is 13.5 Å². The minimum atomic E-state index is 0.216. The van der Waals surface area contributed by atoms with Gasteiger partial charge >= 0.3 is 0 Å². The quantitative estimate of drug-likeness (QED) is 0.833. The molecule has 0 fully saturated rings. The van der Waals surface area contributed by atoms with Crippen LogP contribution in [0, 0.1) is 6.92 Å². The number of furan rings is 1. The first-order valence-corrected chi connectivity index (χ1v) is 6.66. The van der Waals surface area contributed by atoms with E-state index in [-0.39, 0.29) is 5.75 Å². The molecular formula is C12H16NO2P. The van der Waals surface area contributed by atoms with Crippen LogP contribution in [0.25, 0.3) is 11.0 Å². The second-order valence-electron chi connectivity index (χ2n) is 3.87. The third-order valence-corrected chi connectivity index (χ3v) is 3.70. The predicted octanol–water partition coefficient (Wildman–Crippen LogP) is 3.10. The minimum absolute atomic E-state index is 0.216. The highest BCUT2D eigenvalue weighted by atomic mass is 31.1. The van der Waals surface area contributed by atoms with Crippen molar-refractivity contribution in [3.05, 3.63) is 29.5 Å². The molecule has 0 bridgehead atoms. The average molecular weight is 237 g/mol. The van der Waals surface area contributed by atoms with E-state index in [1.807, 2.05) is 19.1 Å². The van der Waals surface area contributed by atoms with Gasteiger partial charge in [0.25, 0.3) is 0 Å². The number of phenolic OH excluding ortho intramolecular Hbond substituents is 1. The third-order valence-electron chi connectivity index (χ3n) is 2.78. The van der Waals surface area contributed by atoms with Gasteiger partial charge in [-0.15, -0.1) is 0 Å². The zero-order valence-corrected chi connectivity index (χ0v) is 10.7. The van der Waals surface area contributed by atoms with E-state index in [2.05, 4.69) is 18.4 Å². The standard InChI is InChI=1S/C12H16NO2P/c1-8-10(7-13(2)16-3)9-5-4-6-11(14)12(9)15-8/h4-6,14,16H,7H2,1-3H3. The topological polar surface area (TPSA) is 36.6 Å². The molecule has 1 aromatic heterocycles. The van der Waals surface area contributed by atoms with Crippen molar-refractivity contribution < 1.29 is 9.52 Å². The molecule has 2 aromatic rings. The van der Waals surface area contributed by atoms with Crippen LogP contribution in [0.2, 0.25) is 0 Å². The first-order valence-electron chi connectivity index (χ1n) is 5.22. The number of aryl methyl sites for hydroxylation is 1. The van der Waals surface area contributed by atoms with Crippen LogP contribution >= 0.6 is 8.73 Å². The number of rotatable bonds is 3. The summed E-state index contributed by atoms with van der Waals surface area (Å²) in [6, 6.07) is 5.50. The summed E-state index contributed by atoms with van der Waals surface area (Å²) >= 11 is 0. The molecule has 0 saturated heterocycles. The van der Waals surface area contributed by atoms with Crippen LogP contribution in [0.5, 0.6) is 5.75 Å². The molecule has 0 aliphatic carbocycles. The van der Waals surface area contributed by atoms with Crippen molar-refractivity contribution in [2.24, 2.45) is 0 Å². The summed E-state index contributed by atoms with van der Waals surface area (Å²) in [6.07, 6.45) is 0. The number of phenols is 1. The summed E-state index contributed by atoms with van der Waals surface area (Å²) in [7, 11) is 2.85. The van der Waals surface area contributed by atoms with Crippen LogP contribution in [-0.2, 0) is 6.54 Å². The number of nitrogens with zero attached hydrogens (tertiary/aromatic N) is 1. The molecule has 0 aliphatic heterocycles. The van der Waals surface area contributed by atoms with Crippen molar-refractivity contribution in [1.82, 2.24) is 4.67 Å². The van der Waals surface area contributed by atoms with Crippen LogP contribution in [-0.4, -0.2) is 23.5 Å². The van der Waals surface area contributed by atoms with Gasteiger partial charge in [-0.3, -0.25) is 4.67 Å². The monoisotopic (exact) mass is 237 g/mol. The molecule has 0 saturated carbocycles. The molecule has 16 heavy (non-hydrogen) atoms. The highest BCUT2D eigenvalue weighted by molar-refractivity contribution is 7.34. The summed E-state index contributed by atoms with van der Waals surface area (Å²) in [6.45, 7) is 4.95. The number of aromatic hydroxyl groups is 1. The van der Waals surface area contributed by atoms with E-state index < -0.39 is 0 Å². The van der Waals surface area contributed by atoms with Gasteiger partial charge in [-0.05, 0) is 26.7 Å². The highest BCUT2D eigenvalue weighted by Crippen LogP contribution is 2.33. The molecule has 0 aliphatic rings. The fourth-order valence-electron chi connectivity index (χ4n) is 1.79. The van der Waals surface area contributed by atoms with Crippen LogP contribution in [0.3, 0.4) is 0 Å². The van der Waals surface area contributed by atoms with E-state index in [0.717, 1.165) is 26.4 Å². The fourth-order valence-corrected chi connectivity index (χ4v) is 2.10. The number of fused-ring (bicyclic) bond motifs is 1. The normalized spacial score (nSPS) is 12.2. The maximum Gasteiger partial charge on any atom is 0.176 e. The Labute approximate surface area is 96.9 Å². The zero-order chi connectivity index (χ0) is 11.7. The second kappa shape index (κ2) is 4.44. The van der Waals surface area contributed by atoms with Gasteiger partial charge in [-0.25, -0.2) is 0 Å². The molecule has 1 atom stereocenters. The highest BCUT2D eigenvalue weighted by Gasteiger charge is 2.14. The lowest BCUT2D eigenvalue weighted by Gasteiger charge is -2.12. The van der Waals surface area contributed by atoms with Crippen LogP contribution in [0.15, 0.2) is 22.6 Å². The largest absolute Gasteiger partial charge is 0.504 e. The molecule has 0 amide bonds.